The predicted molar refractivity (Wildman–Crippen MR) is 126 cm³/mol. The van der Waals surface area contributed by atoms with Crippen molar-refractivity contribution in [1.29, 1.82) is 5.26 Å². The van der Waals surface area contributed by atoms with Crippen LogP contribution >= 0.6 is 0 Å². The molecule has 0 spiro atoms. The number of para-hydroxylation sites is 2. The number of amides is 1. The quantitative estimate of drug-likeness (QED) is 0.641. The van der Waals surface area contributed by atoms with Crippen molar-refractivity contribution < 1.29 is 4.79 Å². The molecule has 3 aromatic rings. The number of carbonyl (C=O) groups is 1. The van der Waals surface area contributed by atoms with Crippen LogP contribution in [-0.4, -0.2) is 35.5 Å². The smallest absolute Gasteiger partial charge is 0.243 e. The number of rotatable bonds is 6. The number of hydrogen-bond acceptors (Lipinski definition) is 5. The average molecular weight is 428 g/mol. The molecule has 0 bridgehead atoms. The largest absolute Gasteiger partial charge is 0.355 e. The maximum absolute atomic E-state index is 13.0. The molecule has 164 valence electrons. The topological polar surface area (TPSA) is 81.9 Å². The maximum atomic E-state index is 13.0. The summed E-state index contributed by atoms with van der Waals surface area (Å²) in [5.41, 5.74) is 3.06. The summed E-state index contributed by atoms with van der Waals surface area (Å²) in [6.07, 6.45) is 1.87. The molecular formula is C26H29N5O. The van der Waals surface area contributed by atoms with E-state index < -0.39 is 5.92 Å². The molecule has 1 aliphatic rings. The van der Waals surface area contributed by atoms with Gasteiger partial charge in [0.15, 0.2) is 11.7 Å². The van der Waals surface area contributed by atoms with Crippen LogP contribution in [0.2, 0.25) is 0 Å². The molecule has 3 unspecified atom stereocenters. The van der Waals surface area contributed by atoms with E-state index in [9.17, 15) is 10.1 Å². The summed E-state index contributed by atoms with van der Waals surface area (Å²) in [6, 6.07) is 19.8. The Kier molecular flexibility index (Phi) is 6.65. The van der Waals surface area contributed by atoms with Crippen LogP contribution in [0.5, 0.6) is 0 Å². The van der Waals surface area contributed by atoms with Gasteiger partial charge in [0.1, 0.15) is 5.69 Å². The summed E-state index contributed by atoms with van der Waals surface area (Å²) < 4.78 is 0. The maximum Gasteiger partial charge on any atom is 0.243 e. The fourth-order valence-corrected chi connectivity index (χ4v) is 4.59. The summed E-state index contributed by atoms with van der Waals surface area (Å²) in [4.78, 5) is 24.9. The minimum atomic E-state index is -1.01. The zero-order chi connectivity index (χ0) is 22.5. The lowest BCUT2D eigenvalue weighted by atomic mass is 9.91. The number of anilines is 1. The lowest BCUT2D eigenvalue weighted by Gasteiger charge is -2.36. The Morgan fingerprint density at radius 1 is 1.06 bits per heavy atom. The van der Waals surface area contributed by atoms with Crippen LogP contribution in [0.4, 0.5) is 5.82 Å². The number of nitrogens with zero attached hydrogens (tertiary/aromatic N) is 4. The third-order valence-electron chi connectivity index (χ3n) is 5.97. The summed E-state index contributed by atoms with van der Waals surface area (Å²) in [7, 11) is 0. The van der Waals surface area contributed by atoms with Gasteiger partial charge in [-0.2, -0.15) is 5.26 Å². The first kappa shape index (κ1) is 21.8. The zero-order valence-corrected chi connectivity index (χ0v) is 18.7. The SMILES string of the molecule is CC1CC(C)CN(c2nc3ccccc3nc2C(C#N)C(=O)NCCc2ccccc2)C1. The Hall–Kier alpha value is -3.46. The molecule has 0 aliphatic carbocycles. The fourth-order valence-electron chi connectivity index (χ4n) is 4.59. The van der Waals surface area contributed by atoms with Crippen molar-refractivity contribution in [2.24, 2.45) is 11.8 Å². The lowest BCUT2D eigenvalue weighted by molar-refractivity contribution is -0.121. The van der Waals surface area contributed by atoms with E-state index in [0.29, 0.717) is 41.8 Å². The Balaban J connectivity index is 1.62. The molecule has 2 aromatic carbocycles. The third kappa shape index (κ3) is 4.88. The highest BCUT2D eigenvalue weighted by atomic mass is 16.1. The molecule has 0 radical (unpaired) electrons. The van der Waals surface area contributed by atoms with Crippen molar-refractivity contribution in [3.63, 3.8) is 0 Å². The first-order valence-corrected chi connectivity index (χ1v) is 11.3. The highest BCUT2D eigenvalue weighted by Gasteiger charge is 2.31. The Morgan fingerprint density at radius 3 is 2.34 bits per heavy atom. The van der Waals surface area contributed by atoms with Gasteiger partial charge in [0, 0.05) is 19.6 Å². The van der Waals surface area contributed by atoms with E-state index in [1.54, 1.807) is 0 Å². The van der Waals surface area contributed by atoms with Gasteiger partial charge in [-0.15, -0.1) is 0 Å². The second-order valence-corrected chi connectivity index (χ2v) is 8.86. The van der Waals surface area contributed by atoms with Gasteiger partial charge in [-0.05, 0) is 42.4 Å². The van der Waals surface area contributed by atoms with E-state index in [-0.39, 0.29) is 5.91 Å². The average Bonchev–Trinajstić information content (AvgIpc) is 2.79. The highest BCUT2D eigenvalue weighted by Crippen LogP contribution is 2.31. The molecule has 4 rings (SSSR count). The van der Waals surface area contributed by atoms with Crippen LogP contribution in [0.3, 0.4) is 0 Å². The van der Waals surface area contributed by atoms with E-state index in [0.717, 1.165) is 30.6 Å². The number of piperidine rings is 1. The third-order valence-corrected chi connectivity index (χ3v) is 5.97. The van der Waals surface area contributed by atoms with Gasteiger partial charge in [-0.1, -0.05) is 56.3 Å². The molecule has 1 N–H and O–H groups in total. The molecular weight excluding hydrogens is 398 g/mol. The van der Waals surface area contributed by atoms with E-state index in [2.05, 4.69) is 30.1 Å². The molecule has 1 aromatic heterocycles. The van der Waals surface area contributed by atoms with E-state index >= 15 is 0 Å². The van der Waals surface area contributed by atoms with Crippen molar-refractivity contribution in [3.05, 3.63) is 65.9 Å². The minimum Gasteiger partial charge on any atom is -0.355 e. The van der Waals surface area contributed by atoms with Crippen LogP contribution in [0.15, 0.2) is 54.6 Å². The molecule has 1 amide bonds. The molecule has 1 fully saturated rings. The van der Waals surface area contributed by atoms with Gasteiger partial charge in [-0.25, -0.2) is 9.97 Å². The number of fused-ring (bicyclic) bond motifs is 1. The number of hydrogen-bond donors (Lipinski definition) is 1. The number of nitriles is 1. The number of aromatic nitrogens is 2. The van der Waals surface area contributed by atoms with Crippen molar-refractivity contribution >= 4 is 22.8 Å². The normalized spacial score (nSPS) is 19.3. The first-order chi connectivity index (χ1) is 15.5. The predicted octanol–water partition coefficient (Wildman–Crippen LogP) is 4.08. The van der Waals surface area contributed by atoms with Crippen LogP contribution in [0, 0.1) is 23.2 Å². The van der Waals surface area contributed by atoms with E-state index in [4.69, 9.17) is 9.97 Å². The summed E-state index contributed by atoms with van der Waals surface area (Å²) in [5, 5.41) is 12.9. The van der Waals surface area contributed by atoms with Crippen LogP contribution < -0.4 is 10.2 Å². The van der Waals surface area contributed by atoms with Gasteiger partial charge >= 0.3 is 0 Å². The molecule has 1 aliphatic heterocycles. The lowest BCUT2D eigenvalue weighted by Crippen LogP contribution is -2.40. The fraction of sp³-hybridized carbons (Fsp3) is 0.385. The summed E-state index contributed by atoms with van der Waals surface area (Å²) >= 11 is 0. The Morgan fingerprint density at radius 2 is 1.69 bits per heavy atom. The number of carbonyl (C=O) groups excluding carboxylic acids is 1. The van der Waals surface area contributed by atoms with Crippen LogP contribution in [-0.2, 0) is 11.2 Å². The van der Waals surface area contributed by atoms with Crippen molar-refractivity contribution in [2.45, 2.75) is 32.6 Å². The molecule has 32 heavy (non-hydrogen) atoms. The van der Waals surface area contributed by atoms with Gasteiger partial charge in [0.05, 0.1) is 17.1 Å². The standard InChI is InChI=1S/C26H29N5O/c1-18-14-19(2)17-31(16-18)25-24(29-22-10-6-7-11-23(22)30-25)21(15-27)26(32)28-13-12-20-8-4-3-5-9-20/h3-11,18-19,21H,12-14,16-17H2,1-2H3,(H,28,32). The van der Waals surface area contributed by atoms with Gasteiger partial charge < -0.3 is 10.2 Å². The molecule has 0 saturated carbocycles. The second kappa shape index (κ2) is 9.78. The molecule has 6 nitrogen and oxygen atoms in total. The minimum absolute atomic E-state index is 0.327. The number of benzene rings is 2. The molecule has 1 saturated heterocycles. The Bertz CT molecular complexity index is 1110. The van der Waals surface area contributed by atoms with E-state index in [1.165, 1.54) is 0 Å². The van der Waals surface area contributed by atoms with Crippen LogP contribution in [0.1, 0.15) is 37.4 Å². The highest BCUT2D eigenvalue weighted by molar-refractivity contribution is 5.88. The monoisotopic (exact) mass is 427 g/mol. The summed E-state index contributed by atoms with van der Waals surface area (Å²) in [5.74, 6) is 0.352. The Labute approximate surface area is 189 Å². The van der Waals surface area contributed by atoms with Gasteiger partial charge in [0.2, 0.25) is 5.91 Å². The molecule has 6 heteroatoms. The molecule has 3 atom stereocenters. The van der Waals surface area contributed by atoms with Crippen molar-refractivity contribution in [2.75, 3.05) is 24.5 Å². The van der Waals surface area contributed by atoms with Crippen molar-refractivity contribution in [3.8, 4) is 6.07 Å². The van der Waals surface area contributed by atoms with Gasteiger partial charge in [-0.3, -0.25) is 4.79 Å². The summed E-state index contributed by atoms with van der Waals surface area (Å²) in [6.45, 7) is 6.62. The number of nitrogens with one attached hydrogen (secondary N) is 1. The molecule has 2 heterocycles. The van der Waals surface area contributed by atoms with Crippen LogP contribution in [0.25, 0.3) is 11.0 Å². The second-order valence-electron chi connectivity index (χ2n) is 8.86. The van der Waals surface area contributed by atoms with E-state index in [1.807, 2.05) is 54.6 Å². The van der Waals surface area contributed by atoms with Gasteiger partial charge in [0.25, 0.3) is 0 Å². The van der Waals surface area contributed by atoms with Crippen molar-refractivity contribution in [1.82, 2.24) is 15.3 Å². The zero-order valence-electron chi connectivity index (χ0n) is 18.7. The first-order valence-electron chi connectivity index (χ1n) is 11.3.